The number of carbonyl (C=O) groups is 1. The van der Waals surface area contributed by atoms with Crippen molar-refractivity contribution in [3.05, 3.63) is 0 Å². The number of hydrogen-bond donors (Lipinski definition) is 0. The predicted octanol–water partition coefficient (Wildman–Crippen LogP) is 2.74. The molecular weight excluding hydrogens is 236 g/mol. The summed E-state index contributed by atoms with van der Waals surface area (Å²) in [5, 5.41) is 0.197. The Balaban J connectivity index is 2.15. The molecule has 0 aromatic carbocycles. The number of methoxy groups -OCH3 is 1. The van der Waals surface area contributed by atoms with Crippen LogP contribution in [0.25, 0.3) is 0 Å². The average Bonchev–Trinajstić information content (AvgIpc) is 2.22. The van der Waals surface area contributed by atoms with Gasteiger partial charge in [-0.25, -0.2) is 0 Å². The summed E-state index contributed by atoms with van der Waals surface area (Å²) in [5.74, 6) is 1.46. The lowest BCUT2D eigenvalue weighted by molar-refractivity contribution is -0.121. The smallest absolute Gasteiger partial charge is 0.196 e. The normalized spacial score (nSPS) is 16.9. The molecular formula is C13H24O3S. The molecule has 17 heavy (non-hydrogen) atoms. The van der Waals surface area contributed by atoms with Crippen LogP contribution < -0.4 is 0 Å². The van der Waals surface area contributed by atoms with Crippen LogP contribution in [0, 0.1) is 11.3 Å². The highest BCUT2D eigenvalue weighted by Gasteiger charge is 2.29. The maximum absolute atomic E-state index is 11.9. The van der Waals surface area contributed by atoms with Crippen LogP contribution in [0.5, 0.6) is 0 Å². The number of carbonyl (C=O) groups excluding carboxylic acids is 1. The topological polar surface area (TPSA) is 35.5 Å². The van der Waals surface area contributed by atoms with Crippen LogP contribution in [0.3, 0.4) is 0 Å². The summed E-state index contributed by atoms with van der Waals surface area (Å²) in [6, 6.07) is 0. The quantitative estimate of drug-likeness (QED) is 0.629. The molecule has 3 nitrogen and oxygen atoms in total. The molecule has 0 aliphatic heterocycles. The summed E-state index contributed by atoms with van der Waals surface area (Å²) in [6.07, 6.45) is 3.91. The van der Waals surface area contributed by atoms with E-state index in [2.05, 4.69) is 0 Å². The molecule has 0 aromatic rings. The Morgan fingerprint density at radius 3 is 2.65 bits per heavy atom. The van der Waals surface area contributed by atoms with Gasteiger partial charge in [0.15, 0.2) is 5.12 Å². The fourth-order valence-electron chi connectivity index (χ4n) is 1.61. The van der Waals surface area contributed by atoms with Gasteiger partial charge in [-0.1, -0.05) is 18.2 Å². The molecule has 0 saturated heterocycles. The van der Waals surface area contributed by atoms with Crippen LogP contribution in [-0.2, 0) is 14.3 Å². The highest BCUT2D eigenvalue weighted by molar-refractivity contribution is 8.13. The second-order valence-electron chi connectivity index (χ2n) is 5.32. The maximum Gasteiger partial charge on any atom is 0.196 e. The van der Waals surface area contributed by atoms with Crippen LogP contribution in [0.1, 0.15) is 33.1 Å². The van der Waals surface area contributed by atoms with Gasteiger partial charge in [0.2, 0.25) is 0 Å². The van der Waals surface area contributed by atoms with Gasteiger partial charge in [0, 0.05) is 19.5 Å². The van der Waals surface area contributed by atoms with E-state index in [9.17, 15) is 4.79 Å². The van der Waals surface area contributed by atoms with Crippen LogP contribution >= 0.6 is 11.8 Å². The van der Waals surface area contributed by atoms with Gasteiger partial charge in [0.1, 0.15) is 0 Å². The van der Waals surface area contributed by atoms with Crippen molar-refractivity contribution in [1.29, 1.82) is 0 Å². The molecule has 0 aromatic heterocycles. The lowest BCUT2D eigenvalue weighted by Crippen LogP contribution is -2.30. The monoisotopic (exact) mass is 260 g/mol. The molecule has 0 N–H and O–H groups in total. The first-order valence-electron chi connectivity index (χ1n) is 6.30. The van der Waals surface area contributed by atoms with E-state index in [4.69, 9.17) is 9.47 Å². The van der Waals surface area contributed by atoms with Crippen molar-refractivity contribution in [3.8, 4) is 0 Å². The molecule has 100 valence electrons. The highest BCUT2D eigenvalue weighted by atomic mass is 32.2. The fraction of sp³-hybridized carbons (Fsp3) is 0.923. The van der Waals surface area contributed by atoms with Crippen molar-refractivity contribution < 1.29 is 14.3 Å². The third-order valence-electron chi connectivity index (χ3n) is 3.11. The minimum atomic E-state index is -0.387. The summed E-state index contributed by atoms with van der Waals surface area (Å²) in [7, 11) is 1.65. The molecule has 0 unspecified atom stereocenters. The molecule has 0 radical (unpaired) electrons. The second-order valence-corrected chi connectivity index (χ2v) is 6.39. The van der Waals surface area contributed by atoms with E-state index in [0.717, 1.165) is 18.3 Å². The zero-order valence-electron chi connectivity index (χ0n) is 11.2. The highest BCUT2D eigenvalue weighted by Crippen LogP contribution is 2.28. The van der Waals surface area contributed by atoms with Crippen LogP contribution in [0.2, 0.25) is 0 Å². The van der Waals surface area contributed by atoms with Gasteiger partial charge in [-0.3, -0.25) is 4.79 Å². The Morgan fingerprint density at radius 1 is 1.41 bits per heavy atom. The molecule has 1 aliphatic rings. The Labute approximate surface area is 109 Å². The van der Waals surface area contributed by atoms with Crippen molar-refractivity contribution >= 4 is 16.9 Å². The summed E-state index contributed by atoms with van der Waals surface area (Å²) < 4.78 is 10.6. The van der Waals surface area contributed by atoms with Gasteiger partial charge in [-0.15, -0.1) is 0 Å². The summed E-state index contributed by atoms with van der Waals surface area (Å²) in [5.41, 5.74) is -0.387. The maximum atomic E-state index is 11.9. The van der Waals surface area contributed by atoms with Gasteiger partial charge >= 0.3 is 0 Å². The van der Waals surface area contributed by atoms with E-state index in [-0.39, 0.29) is 10.5 Å². The first-order chi connectivity index (χ1) is 8.06. The molecule has 0 amide bonds. The van der Waals surface area contributed by atoms with Crippen molar-refractivity contribution in [3.63, 3.8) is 0 Å². The SMILES string of the molecule is COCCSC(=O)C(C)(C)COCC1CCC1. The zero-order valence-corrected chi connectivity index (χ0v) is 12.0. The Bertz CT molecular complexity index is 237. The van der Waals surface area contributed by atoms with Crippen molar-refractivity contribution in [2.24, 2.45) is 11.3 Å². The number of rotatable bonds is 8. The van der Waals surface area contributed by atoms with Crippen LogP contribution in [0.15, 0.2) is 0 Å². The molecule has 1 fully saturated rings. The van der Waals surface area contributed by atoms with E-state index < -0.39 is 0 Å². The average molecular weight is 260 g/mol. The van der Waals surface area contributed by atoms with Crippen molar-refractivity contribution in [2.75, 3.05) is 32.7 Å². The summed E-state index contributed by atoms with van der Waals surface area (Å²) >= 11 is 1.34. The first-order valence-corrected chi connectivity index (χ1v) is 7.29. The number of ether oxygens (including phenoxy) is 2. The van der Waals surface area contributed by atoms with Crippen LogP contribution in [0.4, 0.5) is 0 Å². The van der Waals surface area contributed by atoms with Crippen molar-refractivity contribution in [2.45, 2.75) is 33.1 Å². The first kappa shape index (κ1) is 15.0. The molecule has 1 aliphatic carbocycles. The van der Waals surface area contributed by atoms with Gasteiger partial charge in [-0.05, 0) is 32.6 Å². The van der Waals surface area contributed by atoms with E-state index in [1.54, 1.807) is 7.11 Å². The summed E-state index contributed by atoms with van der Waals surface area (Å²) in [6.45, 7) is 5.88. The van der Waals surface area contributed by atoms with Gasteiger partial charge < -0.3 is 9.47 Å². The Kier molecular flexibility index (Phi) is 6.52. The fourth-order valence-corrected chi connectivity index (χ4v) is 2.50. The number of thioether (sulfide) groups is 1. The molecule has 0 spiro atoms. The summed E-state index contributed by atoms with van der Waals surface area (Å²) in [4.78, 5) is 11.9. The molecule has 4 heteroatoms. The van der Waals surface area contributed by atoms with Gasteiger partial charge in [0.25, 0.3) is 0 Å². The minimum Gasteiger partial charge on any atom is -0.384 e. The third kappa shape index (κ3) is 5.40. The van der Waals surface area contributed by atoms with Crippen molar-refractivity contribution in [1.82, 2.24) is 0 Å². The van der Waals surface area contributed by atoms with E-state index in [1.165, 1.54) is 31.0 Å². The molecule has 1 rings (SSSR count). The molecule has 0 bridgehead atoms. The van der Waals surface area contributed by atoms with E-state index >= 15 is 0 Å². The largest absolute Gasteiger partial charge is 0.384 e. The zero-order chi connectivity index (χ0) is 12.7. The number of hydrogen-bond acceptors (Lipinski definition) is 4. The standard InChI is InChI=1S/C13H24O3S/c1-13(2,12(14)17-8-7-15-3)10-16-9-11-5-4-6-11/h11H,4-10H2,1-3H3. The van der Waals surface area contributed by atoms with Gasteiger partial charge in [0.05, 0.1) is 18.6 Å². The predicted molar refractivity (Wildman–Crippen MR) is 71.3 cm³/mol. The lowest BCUT2D eigenvalue weighted by Gasteiger charge is -2.28. The van der Waals surface area contributed by atoms with E-state index in [1.807, 2.05) is 13.8 Å². The lowest BCUT2D eigenvalue weighted by atomic mass is 9.86. The Hall–Kier alpha value is -0.0600. The molecule has 1 saturated carbocycles. The molecule has 0 heterocycles. The van der Waals surface area contributed by atoms with Gasteiger partial charge in [-0.2, -0.15) is 0 Å². The third-order valence-corrected chi connectivity index (χ3v) is 4.30. The Morgan fingerprint density at radius 2 is 2.12 bits per heavy atom. The van der Waals surface area contributed by atoms with Crippen LogP contribution in [-0.4, -0.2) is 37.8 Å². The minimum absolute atomic E-state index is 0.197. The molecule has 0 atom stereocenters. The van der Waals surface area contributed by atoms with E-state index in [0.29, 0.717) is 13.2 Å². The second kappa shape index (κ2) is 7.39.